The zero-order valence-electron chi connectivity index (χ0n) is 15.0. The molecule has 0 bridgehead atoms. The number of amides is 1. The summed E-state index contributed by atoms with van der Waals surface area (Å²) < 4.78 is 5.46. The highest BCUT2D eigenvalue weighted by Crippen LogP contribution is 2.32. The lowest BCUT2D eigenvalue weighted by atomic mass is 10.1. The molecule has 2 aromatic carbocycles. The monoisotopic (exact) mass is 347 g/mol. The van der Waals surface area contributed by atoms with Crippen LogP contribution in [0.15, 0.2) is 53.1 Å². The molecule has 1 saturated heterocycles. The van der Waals surface area contributed by atoms with Crippen LogP contribution in [0.5, 0.6) is 0 Å². The zero-order valence-corrected chi connectivity index (χ0v) is 15.0. The highest BCUT2D eigenvalue weighted by molar-refractivity contribution is 5.96. The second-order valence-electron chi connectivity index (χ2n) is 6.70. The molecular weight excluding hydrogens is 326 g/mol. The Bertz CT molecular complexity index is 930. The van der Waals surface area contributed by atoms with Crippen molar-refractivity contribution in [3.05, 3.63) is 65.5 Å². The van der Waals surface area contributed by atoms with Crippen molar-refractivity contribution in [2.75, 3.05) is 11.4 Å². The highest BCUT2D eigenvalue weighted by atomic mass is 16.5. The number of carbonyl (C=O) groups excluding carboxylic acids is 1. The highest BCUT2D eigenvalue weighted by Gasteiger charge is 2.34. The van der Waals surface area contributed by atoms with E-state index in [0.717, 1.165) is 23.2 Å². The quantitative estimate of drug-likeness (QED) is 0.712. The maximum absolute atomic E-state index is 12.5. The van der Waals surface area contributed by atoms with Gasteiger partial charge in [0.05, 0.1) is 0 Å². The van der Waals surface area contributed by atoms with Gasteiger partial charge in [-0.1, -0.05) is 42.4 Å². The largest absolute Gasteiger partial charge is 0.334 e. The topological polar surface area (TPSA) is 59.2 Å². The average Bonchev–Trinajstić information content (AvgIpc) is 3.29. The van der Waals surface area contributed by atoms with Crippen LogP contribution < -0.4 is 4.90 Å². The van der Waals surface area contributed by atoms with E-state index in [1.807, 2.05) is 48.2 Å². The van der Waals surface area contributed by atoms with E-state index in [1.165, 1.54) is 5.56 Å². The van der Waals surface area contributed by atoms with E-state index in [2.05, 4.69) is 29.2 Å². The third-order valence-electron chi connectivity index (χ3n) is 4.96. The molecule has 26 heavy (non-hydrogen) atoms. The molecule has 0 spiro atoms. The van der Waals surface area contributed by atoms with E-state index in [9.17, 15) is 4.79 Å². The fourth-order valence-corrected chi connectivity index (χ4v) is 3.36. The van der Waals surface area contributed by atoms with Crippen LogP contribution in [-0.2, 0) is 11.2 Å². The lowest BCUT2D eigenvalue weighted by Gasteiger charge is -2.16. The van der Waals surface area contributed by atoms with Gasteiger partial charge in [0.25, 0.3) is 5.89 Å². The maximum Gasteiger partial charge on any atom is 0.258 e. The van der Waals surface area contributed by atoms with Crippen molar-refractivity contribution in [1.82, 2.24) is 10.1 Å². The summed E-state index contributed by atoms with van der Waals surface area (Å²) >= 11 is 0. The summed E-state index contributed by atoms with van der Waals surface area (Å²) in [5, 5.41) is 4.14. The lowest BCUT2D eigenvalue weighted by molar-refractivity contribution is -0.117. The van der Waals surface area contributed by atoms with Gasteiger partial charge in [-0.25, -0.2) is 0 Å². The number of aryl methyl sites for hydroxylation is 2. The second-order valence-corrected chi connectivity index (χ2v) is 6.70. The number of carbonyl (C=O) groups is 1. The van der Waals surface area contributed by atoms with Crippen LogP contribution in [0.25, 0.3) is 11.5 Å². The number of hydrogen-bond donors (Lipinski definition) is 0. The Morgan fingerprint density at radius 1 is 1.15 bits per heavy atom. The molecule has 1 amide bonds. The van der Waals surface area contributed by atoms with Gasteiger partial charge >= 0.3 is 0 Å². The maximum atomic E-state index is 12.5. The molecule has 1 aliphatic rings. The molecule has 5 nitrogen and oxygen atoms in total. The van der Waals surface area contributed by atoms with Crippen molar-refractivity contribution in [2.45, 2.75) is 32.6 Å². The second kappa shape index (κ2) is 6.75. The van der Waals surface area contributed by atoms with Crippen LogP contribution in [0.1, 0.15) is 36.2 Å². The van der Waals surface area contributed by atoms with E-state index in [0.29, 0.717) is 24.7 Å². The molecule has 3 aromatic rings. The first-order chi connectivity index (χ1) is 12.7. The molecule has 0 aliphatic carbocycles. The van der Waals surface area contributed by atoms with Crippen molar-refractivity contribution >= 4 is 11.6 Å². The first kappa shape index (κ1) is 16.5. The molecule has 1 atom stereocenters. The molecule has 0 saturated carbocycles. The molecule has 4 rings (SSSR count). The molecule has 0 unspecified atom stereocenters. The first-order valence-electron chi connectivity index (χ1n) is 8.94. The van der Waals surface area contributed by atoms with Crippen LogP contribution in [0, 0.1) is 6.92 Å². The number of hydrogen-bond acceptors (Lipinski definition) is 4. The molecule has 0 N–H and O–H groups in total. The minimum absolute atomic E-state index is 0.0464. The summed E-state index contributed by atoms with van der Waals surface area (Å²) in [6.45, 7) is 4.71. The lowest BCUT2D eigenvalue weighted by Crippen LogP contribution is -2.24. The van der Waals surface area contributed by atoms with Crippen molar-refractivity contribution in [3.63, 3.8) is 0 Å². The Morgan fingerprint density at radius 2 is 1.92 bits per heavy atom. The van der Waals surface area contributed by atoms with Crippen molar-refractivity contribution < 1.29 is 9.32 Å². The number of nitrogens with zero attached hydrogens (tertiary/aromatic N) is 3. The van der Waals surface area contributed by atoms with Crippen LogP contribution in [-0.4, -0.2) is 22.6 Å². The standard InChI is InChI=1S/C21H21N3O2/c1-3-15-8-10-17(11-9-15)24-13-16(12-19(24)25)20-22-21(26-23-20)18-7-5-4-6-14(18)2/h4-11,16H,3,12-13H2,1-2H3/t16-/m0/s1. The fraction of sp³-hybridized carbons (Fsp3) is 0.286. The van der Waals surface area contributed by atoms with Crippen LogP contribution in [0.4, 0.5) is 5.69 Å². The molecule has 5 heteroatoms. The Balaban J connectivity index is 1.55. The molecule has 1 fully saturated rings. The van der Waals surface area contributed by atoms with E-state index >= 15 is 0 Å². The van der Waals surface area contributed by atoms with Gasteiger partial charge in [-0.15, -0.1) is 0 Å². The van der Waals surface area contributed by atoms with Crippen LogP contribution >= 0.6 is 0 Å². The van der Waals surface area contributed by atoms with Crippen molar-refractivity contribution in [3.8, 4) is 11.5 Å². The Kier molecular flexibility index (Phi) is 4.29. The minimum Gasteiger partial charge on any atom is -0.334 e. The average molecular weight is 347 g/mol. The van der Waals surface area contributed by atoms with Crippen LogP contribution in [0.2, 0.25) is 0 Å². The summed E-state index contributed by atoms with van der Waals surface area (Å²) in [7, 11) is 0. The SMILES string of the molecule is CCc1ccc(N2C[C@@H](c3noc(-c4ccccc4C)n3)CC2=O)cc1. The van der Waals surface area contributed by atoms with Gasteiger partial charge in [0.2, 0.25) is 5.91 Å². The minimum atomic E-state index is -0.0464. The number of rotatable bonds is 4. The van der Waals surface area contributed by atoms with Gasteiger partial charge in [-0.2, -0.15) is 4.98 Å². The number of aromatic nitrogens is 2. The van der Waals surface area contributed by atoms with Gasteiger partial charge in [0, 0.05) is 30.1 Å². The van der Waals surface area contributed by atoms with Crippen molar-refractivity contribution in [2.24, 2.45) is 0 Å². The first-order valence-corrected chi connectivity index (χ1v) is 8.94. The summed E-state index contributed by atoms with van der Waals surface area (Å²) in [6.07, 6.45) is 1.39. The normalized spacial score (nSPS) is 17.1. The third kappa shape index (κ3) is 3.01. The Hall–Kier alpha value is -2.95. The predicted molar refractivity (Wildman–Crippen MR) is 100 cm³/mol. The van der Waals surface area contributed by atoms with Gasteiger partial charge in [-0.05, 0) is 42.7 Å². The van der Waals surface area contributed by atoms with Gasteiger partial charge in [0.1, 0.15) is 0 Å². The molecule has 0 radical (unpaired) electrons. The number of benzene rings is 2. The zero-order chi connectivity index (χ0) is 18.1. The summed E-state index contributed by atoms with van der Waals surface area (Å²) in [6, 6.07) is 16.1. The Morgan fingerprint density at radius 3 is 2.65 bits per heavy atom. The predicted octanol–water partition coefficient (Wildman–Crippen LogP) is 4.13. The summed E-state index contributed by atoms with van der Waals surface area (Å²) in [5.74, 6) is 1.16. The van der Waals surface area contributed by atoms with E-state index < -0.39 is 0 Å². The van der Waals surface area contributed by atoms with Crippen LogP contribution in [0.3, 0.4) is 0 Å². The van der Waals surface area contributed by atoms with Gasteiger partial charge in [0.15, 0.2) is 5.82 Å². The van der Waals surface area contributed by atoms with E-state index in [-0.39, 0.29) is 11.8 Å². The third-order valence-corrected chi connectivity index (χ3v) is 4.96. The number of anilines is 1. The van der Waals surface area contributed by atoms with Gasteiger partial charge < -0.3 is 9.42 Å². The van der Waals surface area contributed by atoms with E-state index in [4.69, 9.17) is 4.52 Å². The molecule has 1 aliphatic heterocycles. The summed E-state index contributed by atoms with van der Waals surface area (Å²) in [4.78, 5) is 18.9. The molecule has 1 aromatic heterocycles. The van der Waals surface area contributed by atoms with E-state index in [1.54, 1.807) is 0 Å². The smallest absolute Gasteiger partial charge is 0.258 e. The molecule has 132 valence electrons. The molecule has 2 heterocycles. The van der Waals surface area contributed by atoms with Crippen molar-refractivity contribution in [1.29, 1.82) is 0 Å². The van der Waals surface area contributed by atoms with Gasteiger partial charge in [-0.3, -0.25) is 4.79 Å². The summed E-state index contributed by atoms with van der Waals surface area (Å²) in [5.41, 5.74) is 4.21. The molecular formula is C21H21N3O2. The Labute approximate surface area is 152 Å². The fourth-order valence-electron chi connectivity index (χ4n) is 3.36.